The normalized spacial score (nSPS) is 22.4. The molecule has 0 radical (unpaired) electrons. The van der Waals surface area contributed by atoms with Crippen LogP contribution in [0.3, 0.4) is 0 Å². The van der Waals surface area contributed by atoms with Crippen LogP contribution in [0.4, 0.5) is 0 Å². The molecule has 0 amide bonds. The van der Waals surface area contributed by atoms with Gasteiger partial charge in [0.15, 0.2) is 0 Å². The number of esters is 1. The lowest BCUT2D eigenvalue weighted by Crippen LogP contribution is -2.49. The van der Waals surface area contributed by atoms with Gasteiger partial charge in [-0.05, 0) is 25.9 Å². The molecule has 2 aliphatic heterocycles. The number of hydrogen-bond donors (Lipinski definition) is 4. The number of carboxylic acid groups (broad SMARTS) is 2. The first-order valence-corrected chi connectivity index (χ1v) is 12.1. The van der Waals surface area contributed by atoms with E-state index in [9.17, 15) is 24.6 Å². The summed E-state index contributed by atoms with van der Waals surface area (Å²) in [5, 5.41) is 32.5. The molecule has 0 aliphatic carbocycles. The minimum absolute atomic E-state index is 0.0637. The summed E-state index contributed by atoms with van der Waals surface area (Å²) in [5.74, 6) is -2.04. The molecule has 0 aromatic heterocycles. The number of nitrogens with zero attached hydrogens (tertiary/aromatic N) is 4. The molecule has 1 atom stereocenters. The summed E-state index contributed by atoms with van der Waals surface area (Å²) in [4.78, 5) is 42.1. The van der Waals surface area contributed by atoms with Gasteiger partial charge >= 0.3 is 17.9 Å². The zero-order chi connectivity index (χ0) is 24.9. The highest BCUT2D eigenvalue weighted by molar-refractivity contribution is 5.72. The van der Waals surface area contributed by atoms with Crippen LogP contribution in [0.2, 0.25) is 0 Å². The van der Waals surface area contributed by atoms with E-state index in [0.29, 0.717) is 65.4 Å². The van der Waals surface area contributed by atoms with Gasteiger partial charge < -0.3 is 30.3 Å². The second-order valence-electron chi connectivity index (χ2n) is 9.14. The molecule has 2 fully saturated rings. The van der Waals surface area contributed by atoms with Crippen molar-refractivity contribution in [3.63, 3.8) is 0 Å². The van der Waals surface area contributed by atoms with Crippen LogP contribution in [0.5, 0.6) is 0 Å². The van der Waals surface area contributed by atoms with Gasteiger partial charge in [-0.1, -0.05) is 0 Å². The number of ether oxygens (including phenoxy) is 1. The molecule has 0 aromatic rings. The van der Waals surface area contributed by atoms with Crippen molar-refractivity contribution in [3.8, 4) is 0 Å². The Bertz CT molecular complexity index is 645. The maximum atomic E-state index is 11.7. The minimum atomic E-state index is -0.916. The molecule has 0 bridgehead atoms. The van der Waals surface area contributed by atoms with E-state index in [-0.39, 0.29) is 25.0 Å². The Morgan fingerprint density at radius 3 is 1.74 bits per heavy atom. The summed E-state index contributed by atoms with van der Waals surface area (Å²) >= 11 is 0. The largest absolute Gasteiger partial charge is 0.480 e. The van der Waals surface area contributed by atoms with E-state index in [1.54, 1.807) is 0 Å². The van der Waals surface area contributed by atoms with Crippen molar-refractivity contribution in [1.29, 1.82) is 0 Å². The Kier molecular flexibility index (Phi) is 12.7. The summed E-state index contributed by atoms with van der Waals surface area (Å²) < 4.78 is 4.83. The van der Waals surface area contributed by atoms with Crippen molar-refractivity contribution in [1.82, 2.24) is 24.9 Å². The number of rotatable bonds is 9. The van der Waals surface area contributed by atoms with Crippen molar-refractivity contribution in [2.45, 2.75) is 18.9 Å². The monoisotopic (exact) mass is 487 g/mol. The third-order valence-corrected chi connectivity index (χ3v) is 6.45. The number of piperidine rings is 1. The van der Waals surface area contributed by atoms with Gasteiger partial charge in [0, 0.05) is 65.4 Å². The summed E-state index contributed by atoms with van der Waals surface area (Å²) in [6.45, 7) is 6.98. The Morgan fingerprint density at radius 2 is 1.24 bits per heavy atom. The Balaban J connectivity index is 1.86. The molecule has 4 N–H and O–H groups in total. The Hall–Kier alpha value is -1.83. The van der Waals surface area contributed by atoms with Crippen LogP contribution in [0, 0.1) is 5.92 Å². The molecule has 2 rings (SSSR count). The van der Waals surface area contributed by atoms with Gasteiger partial charge in [0.05, 0.1) is 32.2 Å². The standard InChI is InChI=1S/C22H41N5O7/c1-34-22(33)18-2-6-24(7-3-18)14-19(28)15-25-8-4-23-5-9-26(16-20(29)30)11-13-27(12-10-25)17-21(31)32/h18-19,23,28H,2-17H2,1H3,(H,29,30)(H,31,32). The summed E-state index contributed by atoms with van der Waals surface area (Å²) in [7, 11) is 1.41. The number of methoxy groups -OCH3 is 1. The SMILES string of the molecule is COC(=O)C1CCN(CC(O)CN2CCNCCN(CC(=O)O)CCN(CC(=O)O)CC2)CC1. The number of carbonyl (C=O) groups is 3. The van der Waals surface area contributed by atoms with E-state index in [0.717, 1.165) is 25.9 Å². The van der Waals surface area contributed by atoms with Crippen LogP contribution in [-0.4, -0.2) is 158 Å². The first-order valence-electron chi connectivity index (χ1n) is 12.1. The fraction of sp³-hybridized carbons (Fsp3) is 0.864. The first kappa shape index (κ1) is 28.4. The molecule has 2 aliphatic rings. The minimum Gasteiger partial charge on any atom is -0.480 e. The average molecular weight is 488 g/mol. The van der Waals surface area contributed by atoms with Gasteiger partial charge in [0.25, 0.3) is 0 Å². The van der Waals surface area contributed by atoms with Crippen LogP contribution in [0.25, 0.3) is 0 Å². The van der Waals surface area contributed by atoms with Crippen molar-refractivity contribution in [2.75, 3.05) is 98.7 Å². The van der Waals surface area contributed by atoms with Crippen molar-refractivity contribution >= 4 is 17.9 Å². The molecule has 12 heteroatoms. The Morgan fingerprint density at radius 1 is 0.794 bits per heavy atom. The van der Waals surface area contributed by atoms with Gasteiger partial charge in [-0.3, -0.25) is 29.1 Å². The van der Waals surface area contributed by atoms with Crippen LogP contribution in [0.15, 0.2) is 0 Å². The Labute approximate surface area is 201 Å². The average Bonchev–Trinajstić information content (AvgIpc) is 2.78. The lowest BCUT2D eigenvalue weighted by atomic mass is 9.97. The van der Waals surface area contributed by atoms with Gasteiger partial charge in [-0.15, -0.1) is 0 Å². The van der Waals surface area contributed by atoms with Crippen molar-refractivity contribution < 1.29 is 34.4 Å². The molecular formula is C22H41N5O7. The lowest BCUT2D eigenvalue weighted by molar-refractivity contribution is -0.147. The van der Waals surface area contributed by atoms with E-state index in [1.165, 1.54) is 7.11 Å². The molecule has 0 spiro atoms. The van der Waals surface area contributed by atoms with E-state index < -0.39 is 18.0 Å². The first-order chi connectivity index (χ1) is 16.3. The molecule has 1 unspecified atom stereocenters. The summed E-state index contributed by atoms with van der Waals surface area (Å²) in [5.41, 5.74) is 0. The zero-order valence-corrected chi connectivity index (χ0v) is 20.2. The number of carboxylic acids is 2. The second kappa shape index (κ2) is 15.2. The number of nitrogens with one attached hydrogen (secondary N) is 1. The number of β-amino-alcohol motifs (C(OH)–C–C–N with tert-alkyl or cyclic N) is 1. The molecule has 2 heterocycles. The number of likely N-dealkylation sites (tertiary alicyclic amines) is 1. The lowest BCUT2D eigenvalue weighted by Gasteiger charge is -2.34. The topological polar surface area (TPSA) is 146 Å². The van der Waals surface area contributed by atoms with Crippen molar-refractivity contribution in [3.05, 3.63) is 0 Å². The van der Waals surface area contributed by atoms with Gasteiger partial charge in [0.1, 0.15) is 0 Å². The molecule has 12 nitrogen and oxygen atoms in total. The number of aliphatic hydroxyl groups is 1. The van der Waals surface area contributed by atoms with Gasteiger partial charge in [-0.25, -0.2) is 0 Å². The maximum absolute atomic E-state index is 11.7. The number of aliphatic carboxylic acids is 2. The van der Waals surface area contributed by atoms with Gasteiger partial charge in [-0.2, -0.15) is 0 Å². The van der Waals surface area contributed by atoms with Crippen LogP contribution in [0.1, 0.15) is 12.8 Å². The van der Waals surface area contributed by atoms with E-state index in [2.05, 4.69) is 15.1 Å². The summed E-state index contributed by atoms with van der Waals surface area (Å²) in [6.07, 6.45) is 0.910. The fourth-order valence-electron chi connectivity index (χ4n) is 4.55. The van der Waals surface area contributed by atoms with Crippen LogP contribution >= 0.6 is 0 Å². The van der Waals surface area contributed by atoms with E-state index in [1.807, 2.05) is 9.80 Å². The van der Waals surface area contributed by atoms with E-state index in [4.69, 9.17) is 9.84 Å². The highest BCUT2D eigenvalue weighted by Crippen LogP contribution is 2.18. The van der Waals surface area contributed by atoms with E-state index >= 15 is 0 Å². The number of aliphatic hydroxyl groups excluding tert-OH is 1. The predicted octanol–water partition coefficient (Wildman–Crippen LogP) is -2.09. The molecule has 0 aromatic carbocycles. The number of hydrogen-bond acceptors (Lipinski definition) is 10. The van der Waals surface area contributed by atoms with Crippen LogP contribution in [-0.2, 0) is 19.1 Å². The third-order valence-electron chi connectivity index (χ3n) is 6.45. The maximum Gasteiger partial charge on any atom is 0.317 e. The predicted molar refractivity (Wildman–Crippen MR) is 125 cm³/mol. The number of carbonyl (C=O) groups excluding carboxylic acids is 1. The molecule has 0 saturated carbocycles. The third kappa shape index (κ3) is 11.1. The van der Waals surface area contributed by atoms with Crippen molar-refractivity contribution in [2.24, 2.45) is 5.92 Å². The molecule has 196 valence electrons. The highest BCUT2D eigenvalue weighted by atomic mass is 16.5. The van der Waals surface area contributed by atoms with Crippen LogP contribution < -0.4 is 5.32 Å². The quantitative estimate of drug-likeness (QED) is 0.265. The highest BCUT2D eigenvalue weighted by Gasteiger charge is 2.27. The molecular weight excluding hydrogens is 446 g/mol. The van der Waals surface area contributed by atoms with Gasteiger partial charge in [0.2, 0.25) is 0 Å². The smallest absolute Gasteiger partial charge is 0.317 e. The zero-order valence-electron chi connectivity index (χ0n) is 20.2. The summed E-state index contributed by atoms with van der Waals surface area (Å²) in [6, 6.07) is 0. The fourth-order valence-corrected chi connectivity index (χ4v) is 4.55. The molecule has 34 heavy (non-hydrogen) atoms. The molecule has 2 saturated heterocycles. The second-order valence-corrected chi connectivity index (χ2v) is 9.14.